The Morgan fingerprint density at radius 3 is 0.867 bits per heavy atom. The average Bonchev–Trinajstić information content (AvgIpc) is 2.21. The maximum atomic E-state index is 8.12. The molecule has 0 aliphatic rings. The van der Waals surface area contributed by atoms with Crippen molar-refractivity contribution in [3.8, 4) is 0 Å². The monoisotopic (exact) mass is 271 g/mol. The fourth-order valence-corrected chi connectivity index (χ4v) is 0.506. The summed E-state index contributed by atoms with van der Waals surface area (Å²) >= 11 is 0. The maximum Gasteiger partial charge on any atom is 2.00 e. The van der Waals surface area contributed by atoms with Crippen molar-refractivity contribution in [1.29, 1.82) is 0 Å². The van der Waals surface area contributed by atoms with E-state index in [4.69, 9.17) is 20.4 Å². The van der Waals surface area contributed by atoms with Crippen LogP contribution in [0.15, 0.2) is 0 Å². The third-order valence-electron chi connectivity index (χ3n) is 1.03. The first kappa shape index (κ1) is 20.7. The number of aliphatic hydroxyl groups excluding tert-OH is 4. The second kappa shape index (κ2) is 23.8. The third-order valence-corrected chi connectivity index (χ3v) is 1.03. The van der Waals surface area contributed by atoms with Crippen LogP contribution in [0.25, 0.3) is 10.6 Å². The number of nitrogens with zero attached hydrogens (tertiary/aromatic N) is 2. The number of rotatable bonds is 8. The van der Waals surface area contributed by atoms with E-state index in [1.807, 2.05) is 0 Å². The summed E-state index contributed by atoms with van der Waals surface area (Å²) in [6, 6.07) is 0. The van der Waals surface area contributed by atoms with Crippen molar-refractivity contribution in [2.45, 2.75) is 0 Å². The van der Waals surface area contributed by atoms with Gasteiger partial charge in [-0.15, -0.1) is 26.2 Å². The maximum absolute atomic E-state index is 8.12. The molecule has 15 heavy (non-hydrogen) atoms. The minimum absolute atomic E-state index is 0. The largest absolute Gasteiger partial charge is 2.00 e. The number of hydrogen-bond acceptors (Lipinski definition) is 4. The van der Waals surface area contributed by atoms with Crippen LogP contribution in [-0.2, 0) is 17.1 Å². The van der Waals surface area contributed by atoms with E-state index in [1.165, 1.54) is 0 Å². The molecular weight excluding hydrogens is 252 g/mol. The summed E-state index contributed by atoms with van der Waals surface area (Å²) in [5, 5.41) is 39.9. The zero-order valence-corrected chi connectivity index (χ0v) is 9.58. The summed E-state index contributed by atoms with van der Waals surface area (Å²) in [4.78, 5) is 0. The predicted molar refractivity (Wildman–Crippen MR) is 54.5 cm³/mol. The Balaban J connectivity index is -0.000000180. The molecule has 0 aromatic carbocycles. The quantitative estimate of drug-likeness (QED) is 0.324. The van der Waals surface area contributed by atoms with Gasteiger partial charge in [0.05, 0.1) is 0 Å². The van der Waals surface area contributed by atoms with Gasteiger partial charge < -0.3 is 31.1 Å². The van der Waals surface area contributed by atoms with E-state index < -0.39 is 0 Å². The van der Waals surface area contributed by atoms with Gasteiger partial charge in [-0.2, -0.15) is 0 Å². The van der Waals surface area contributed by atoms with Crippen molar-refractivity contribution < 1.29 is 37.5 Å². The smallest absolute Gasteiger partial charge is 0.659 e. The Morgan fingerprint density at radius 1 is 0.533 bits per heavy atom. The van der Waals surface area contributed by atoms with Gasteiger partial charge in [-0.1, -0.05) is 0 Å². The van der Waals surface area contributed by atoms with Crippen LogP contribution in [0.1, 0.15) is 0 Å². The van der Waals surface area contributed by atoms with Crippen LogP contribution in [0.3, 0.4) is 0 Å². The van der Waals surface area contributed by atoms with E-state index in [0.717, 1.165) is 0 Å². The van der Waals surface area contributed by atoms with E-state index in [-0.39, 0.29) is 43.5 Å². The Bertz CT molecular complexity index is 73.0. The van der Waals surface area contributed by atoms with E-state index in [0.29, 0.717) is 26.2 Å². The molecule has 0 rings (SSSR count). The molecule has 7 heteroatoms. The molecule has 0 aliphatic carbocycles. The molecule has 0 heterocycles. The first-order chi connectivity index (χ1) is 6.83. The summed E-state index contributed by atoms with van der Waals surface area (Å²) in [6.07, 6.45) is 0. The van der Waals surface area contributed by atoms with Crippen molar-refractivity contribution in [3.05, 3.63) is 10.6 Å². The Kier molecular flexibility index (Phi) is 32.8. The third kappa shape index (κ3) is 31.4. The van der Waals surface area contributed by atoms with Gasteiger partial charge in [0.15, 0.2) is 0 Å². The van der Waals surface area contributed by atoms with Crippen LogP contribution in [0, 0.1) is 0 Å². The molecule has 0 spiro atoms. The van der Waals surface area contributed by atoms with Crippen molar-refractivity contribution in [3.63, 3.8) is 0 Å². The minimum Gasteiger partial charge on any atom is -0.659 e. The molecule has 1 radical (unpaired) electrons. The summed E-state index contributed by atoms with van der Waals surface area (Å²) < 4.78 is 0. The standard InChI is InChI=1S/2C4H10NO2.Cu/c2*6-3-1-5-2-4-7;/h2*6-7H,1-4H2;/q2*-1;+2. The first-order valence-electron chi connectivity index (χ1n) is 4.53. The van der Waals surface area contributed by atoms with Crippen LogP contribution < -0.4 is 0 Å². The zero-order valence-electron chi connectivity index (χ0n) is 8.64. The van der Waals surface area contributed by atoms with Gasteiger partial charge in [0.25, 0.3) is 0 Å². The molecule has 0 unspecified atom stereocenters. The average molecular weight is 272 g/mol. The molecule has 0 saturated carbocycles. The Hall–Kier alpha value is 0.279. The van der Waals surface area contributed by atoms with Gasteiger partial charge in [-0.3, -0.25) is 0 Å². The van der Waals surface area contributed by atoms with Crippen LogP contribution in [0.2, 0.25) is 0 Å². The molecule has 6 nitrogen and oxygen atoms in total. The minimum atomic E-state index is 0. The Morgan fingerprint density at radius 2 is 0.733 bits per heavy atom. The predicted octanol–water partition coefficient (Wildman–Crippen LogP) is -1.31. The first-order valence-corrected chi connectivity index (χ1v) is 4.53. The van der Waals surface area contributed by atoms with Crippen LogP contribution in [0.5, 0.6) is 0 Å². The van der Waals surface area contributed by atoms with Crippen LogP contribution >= 0.6 is 0 Å². The normalized spacial score (nSPS) is 8.80. The topological polar surface area (TPSA) is 109 Å². The summed E-state index contributed by atoms with van der Waals surface area (Å²) in [5.74, 6) is 0. The van der Waals surface area contributed by atoms with Gasteiger partial charge >= 0.3 is 17.1 Å². The van der Waals surface area contributed by atoms with Crippen LogP contribution in [0.4, 0.5) is 0 Å². The summed E-state index contributed by atoms with van der Waals surface area (Å²) in [7, 11) is 0. The molecule has 0 aromatic heterocycles. The molecule has 0 aliphatic heterocycles. The second-order valence-electron chi connectivity index (χ2n) is 2.24. The van der Waals surface area contributed by atoms with Gasteiger partial charge in [-0.25, -0.2) is 0 Å². The fourth-order valence-electron chi connectivity index (χ4n) is 0.506. The van der Waals surface area contributed by atoms with Crippen molar-refractivity contribution in [1.82, 2.24) is 0 Å². The van der Waals surface area contributed by atoms with Crippen molar-refractivity contribution in [2.75, 3.05) is 52.6 Å². The number of hydrogen-bond donors (Lipinski definition) is 4. The van der Waals surface area contributed by atoms with Crippen molar-refractivity contribution >= 4 is 0 Å². The second-order valence-corrected chi connectivity index (χ2v) is 2.24. The number of aliphatic hydroxyl groups is 4. The van der Waals surface area contributed by atoms with Crippen LogP contribution in [-0.4, -0.2) is 73.0 Å². The molecule has 0 saturated heterocycles. The molecule has 0 amide bonds. The summed E-state index contributed by atoms with van der Waals surface area (Å²) in [5.41, 5.74) is 0. The molecule has 0 atom stereocenters. The van der Waals surface area contributed by atoms with Gasteiger partial charge in [0.1, 0.15) is 0 Å². The van der Waals surface area contributed by atoms with Crippen molar-refractivity contribution in [2.24, 2.45) is 0 Å². The van der Waals surface area contributed by atoms with E-state index in [1.54, 1.807) is 0 Å². The van der Waals surface area contributed by atoms with Gasteiger partial charge in [0.2, 0.25) is 0 Å². The molecule has 0 bridgehead atoms. The molecular formula is C8H20CuN2O4. The fraction of sp³-hybridized carbons (Fsp3) is 1.00. The zero-order chi connectivity index (χ0) is 11.1. The van der Waals surface area contributed by atoms with E-state index in [2.05, 4.69) is 10.6 Å². The Labute approximate surface area is 101 Å². The van der Waals surface area contributed by atoms with Gasteiger partial charge in [-0.05, 0) is 0 Å². The van der Waals surface area contributed by atoms with E-state index >= 15 is 0 Å². The summed E-state index contributed by atoms with van der Waals surface area (Å²) in [6.45, 7) is 2.11. The molecule has 97 valence electrons. The molecule has 0 fully saturated rings. The molecule has 0 aromatic rings. The molecule has 4 N–H and O–H groups in total. The SMILES string of the molecule is OCC[N-]CCO.OCC[N-]CCO.[Cu+2]. The van der Waals surface area contributed by atoms with E-state index in [9.17, 15) is 0 Å². The van der Waals surface area contributed by atoms with Gasteiger partial charge in [0, 0.05) is 26.4 Å².